The van der Waals surface area contributed by atoms with Crippen LogP contribution in [0.5, 0.6) is 6.01 Å². The van der Waals surface area contributed by atoms with Crippen LogP contribution in [-0.2, 0) is 24.7 Å². The average Bonchev–Trinajstić information content (AvgIpc) is 3.59. The van der Waals surface area contributed by atoms with Gasteiger partial charge in [0, 0.05) is 29.2 Å². The van der Waals surface area contributed by atoms with Crippen molar-refractivity contribution in [3.8, 4) is 6.01 Å². The first-order valence-electron chi connectivity index (χ1n) is 17.4. The second kappa shape index (κ2) is 15.9. The number of aromatic nitrogens is 3. The van der Waals surface area contributed by atoms with Crippen molar-refractivity contribution in [3.63, 3.8) is 0 Å². The first-order chi connectivity index (χ1) is 25.3. The van der Waals surface area contributed by atoms with Crippen LogP contribution in [0.3, 0.4) is 0 Å². The molecule has 2 aromatic carbocycles. The number of hydrogen-bond donors (Lipinski definition) is 4. The molecule has 0 aliphatic heterocycles. The van der Waals surface area contributed by atoms with Crippen molar-refractivity contribution in [1.82, 2.24) is 25.6 Å². The first-order valence-corrected chi connectivity index (χ1v) is 17.7. The maximum absolute atomic E-state index is 13.1. The molecule has 0 spiro atoms. The van der Waals surface area contributed by atoms with Crippen LogP contribution in [0.2, 0.25) is 5.02 Å². The molecule has 3 aliphatic carbocycles. The lowest BCUT2D eigenvalue weighted by molar-refractivity contribution is -0.154. The number of Topliss-reactive ketones (excluding diaryl/α,β-unsaturated/α-hetero) is 1. The number of hydrogen-bond acceptors (Lipinski definition) is 11. The Hall–Kier alpha value is -4.99. The summed E-state index contributed by atoms with van der Waals surface area (Å²) in [4.78, 5) is 62.9. The summed E-state index contributed by atoms with van der Waals surface area (Å²) in [5.74, 6) is -1.24. The molecule has 6 rings (SSSR count). The Bertz CT molecular complexity index is 1830. The van der Waals surface area contributed by atoms with Crippen LogP contribution in [0.4, 0.5) is 30.8 Å². The van der Waals surface area contributed by atoms with Crippen LogP contribution in [0.15, 0.2) is 48.5 Å². The molecular weight excluding hydrogens is 719 g/mol. The quantitative estimate of drug-likeness (QED) is 0.108. The topological polar surface area (TPSA) is 174 Å². The van der Waals surface area contributed by atoms with E-state index >= 15 is 0 Å². The SMILES string of the molecule is COC(=O)[C@H](CCNC(=O)C(=O)C[C@@H]1C[C@@H]2CC[C@H]1C2)NC(=O)c1ccc(Nc2nc(NC3(c4ccc(Cl)cc4)CC3)nc(OCC(F)(F)F)n2)cc1. The molecule has 3 aliphatic rings. The Balaban J connectivity index is 1.06. The molecule has 0 unspecified atom stereocenters. The van der Waals surface area contributed by atoms with E-state index in [4.69, 9.17) is 21.1 Å². The zero-order valence-corrected chi connectivity index (χ0v) is 29.6. The fraction of sp³-hybridized carbons (Fsp3) is 0.472. The van der Waals surface area contributed by atoms with Crippen molar-refractivity contribution >= 4 is 52.8 Å². The molecule has 1 aromatic heterocycles. The Morgan fingerprint density at radius 2 is 1.68 bits per heavy atom. The molecule has 53 heavy (non-hydrogen) atoms. The van der Waals surface area contributed by atoms with Crippen LogP contribution in [0.1, 0.15) is 67.3 Å². The van der Waals surface area contributed by atoms with Crippen LogP contribution in [0.25, 0.3) is 0 Å². The summed E-state index contributed by atoms with van der Waals surface area (Å²) < 4.78 is 48.5. The van der Waals surface area contributed by atoms with E-state index in [1.807, 2.05) is 12.1 Å². The largest absolute Gasteiger partial charge is 0.467 e. The molecule has 0 saturated heterocycles. The predicted octanol–water partition coefficient (Wildman–Crippen LogP) is 5.48. The van der Waals surface area contributed by atoms with Crippen LogP contribution >= 0.6 is 11.6 Å². The van der Waals surface area contributed by atoms with Crippen LogP contribution in [-0.4, -0.2) is 71.0 Å². The maximum Gasteiger partial charge on any atom is 0.422 e. The van der Waals surface area contributed by atoms with Gasteiger partial charge in [0.2, 0.25) is 17.7 Å². The average molecular weight is 758 g/mol. The number of halogens is 4. The van der Waals surface area contributed by atoms with E-state index in [-0.39, 0.29) is 42.8 Å². The van der Waals surface area contributed by atoms with E-state index in [9.17, 15) is 32.3 Å². The number of rotatable bonds is 16. The van der Waals surface area contributed by atoms with E-state index in [2.05, 4.69) is 36.2 Å². The highest BCUT2D eigenvalue weighted by Crippen LogP contribution is 2.50. The van der Waals surface area contributed by atoms with Gasteiger partial charge in [-0.25, -0.2) is 4.79 Å². The molecule has 3 aromatic rings. The molecule has 3 fully saturated rings. The summed E-state index contributed by atoms with van der Waals surface area (Å²) in [5.41, 5.74) is 0.903. The zero-order chi connectivity index (χ0) is 37.8. The summed E-state index contributed by atoms with van der Waals surface area (Å²) in [6.45, 7) is -1.65. The van der Waals surface area contributed by atoms with Crippen molar-refractivity contribution in [3.05, 3.63) is 64.7 Å². The third-order valence-corrected chi connectivity index (χ3v) is 10.2. The van der Waals surface area contributed by atoms with Crippen molar-refractivity contribution in [2.75, 3.05) is 30.9 Å². The van der Waals surface area contributed by atoms with Gasteiger partial charge in [0.05, 0.1) is 12.6 Å². The van der Waals surface area contributed by atoms with Gasteiger partial charge in [-0.05, 0) is 98.2 Å². The molecular formula is C36H39ClF3N7O6. The summed E-state index contributed by atoms with van der Waals surface area (Å²) in [6.07, 6.45) is 1.45. The third kappa shape index (κ3) is 9.91. The number of alkyl halides is 3. The molecule has 4 atom stereocenters. The van der Waals surface area contributed by atoms with Gasteiger partial charge < -0.3 is 30.7 Å². The molecule has 0 radical (unpaired) electrons. The number of carbonyl (C=O) groups excluding carboxylic acids is 4. The molecule has 1 heterocycles. The lowest BCUT2D eigenvalue weighted by Crippen LogP contribution is -2.44. The van der Waals surface area contributed by atoms with Crippen molar-refractivity contribution in [1.29, 1.82) is 0 Å². The van der Waals surface area contributed by atoms with Gasteiger partial charge in [-0.2, -0.15) is 28.1 Å². The highest BCUT2D eigenvalue weighted by molar-refractivity contribution is 6.36. The number of methoxy groups -OCH3 is 1. The smallest absolute Gasteiger partial charge is 0.422 e. The zero-order valence-electron chi connectivity index (χ0n) is 28.8. The molecule has 2 amide bonds. The van der Waals surface area contributed by atoms with E-state index in [1.165, 1.54) is 37.8 Å². The van der Waals surface area contributed by atoms with Crippen molar-refractivity contribution in [2.24, 2.45) is 17.8 Å². The minimum Gasteiger partial charge on any atom is -0.467 e. The lowest BCUT2D eigenvalue weighted by atomic mass is 9.85. The number of benzene rings is 2. The Morgan fingerprint density at radius 3 is 2.30 bits per heavy atom. The maximum atomic E-state index is 13.1. The van der Waals surface area contributed by atoms with Crippen molar-refractivity contribution in [2.45, 2.75) is 69.1 Å². The number of nitrogens with zero attached hydrogens (tertiary/aromatic N) is 3. The van der Waals surface area contributed by atoms with Gasteiger partial charge in [0.15, 0.2) is 6.61 Å². The summed E-state index contributed by atoms with van der Waals surface area (Å²) in [6, 6.07) is 11.4. The molecule has 2 bridgehead atoms. The number of nitrogens with one attached hydrogen (secondary N) is 4. The number of ether oxygens (including phenoxy) is 2. The van der Waals surface area contributed by atoms with Crippen LogP contribution < -0.4 is 26.0 Å². The van der Waals surface area contributed by atoms with E-state index in [0.29, 0.717) is 22.5 Å². The van der Waals surface area contributed by atoms with Crippen molar-refractivity contribution < 1.29 is 41.8 Å². The summed E-state index contributed by atoms with van der Waals surface area (Å²) >= 11 is 6.03. The number of esters is 1. The second-order valence-corrected chi connectivity index (χ2v) is 14.2. The number of fused-ring (bicyclic) bond motifs is 2. The van der Waals surface area contributed by atoms with Gasteiger partial charge in [0.25, 0.3) is 11.8 Å². The number of amides is 2. The van der Waals surface area contributed by atoms with Gasteiger partial charge in [-0.1, -0.05) is 30.2 Å². The van der Waals surface area contributed by atoms with E-state index in [0.717, 1.165) is 37.7 Å². The Labute approximate surface area is 308 Å². The number of anilines is 3. The van der Waals surface area contributed by atoms with Gasteiger partial charge in [-0.15, -0.1) is 0 Å². The minimum absolute atomic E-state index is 0.0149. The highest BCUT2D eigenvalue weighted by Gasteiger charge is 2.45. The van der Waals surface area contributed by atoms with Gasteiger partial charge in [-0.3, -0.25) is 14.4 Å². The van der Waals surface area contributed by atoms with E-state index in [1.54, 1.807) is 12.1 Å². The summed E-state index contributed by atoms with van der Waals surface area (Å²) in [7, 11) is 1.17. The molecule has 17 heteroatoms. The monoisotopic (exact) mass is 757 g/mol. The first kappa shape index (κ1) is 37.8. The second-order valence-electron chi connectivity index (χ2n) is 13.7. The molecule has 3 saturated carbocycles. The standard InChI is InChI=1S/C36H39ClF3N7O6/c1-52-31(51)27(12-15-41-30(50)28(48)18-23-17-20-2-3-22(23)16-20)43-29(49)21-4-10-26(11-5-21)42-32-44-33(46-34(45-32)53-19-36(38,39)40)47-35(13-14-35)24-6-8-25(37)9-7-24/h4-11,20,22-23,27H,2-3,12-19H2,1H3,(H,41,50)(H,43,49)(H2,42,44,45,46,47)/t20-,22+,23+,27+/m1/s1. The number of carbonyl (C=O) groups is 4. The fourth-order valence-electron chi connectivity index (χ4n) is 7.13. The Kier molecular flexibility index (Phi) is 11.4. The normalized spacial score (nSPS) is 20.2. The predicted molar refractivity (Wildman–Crippen MR) is 187 cm³/mol. The molecule has 4 N–H and O–H groups in total. The highest BCUT2D eigenvalue weighted by atomic mass is 35.5. The summed E-state index contributed by atoms with van der Waals surface area (Å²) in [5, 5.41) is 11.8. The molecule has 13 nitrogen and oxygen atoms in total. The van der Waals surface area contributed by atoms with Gasteiger partial charge >= 0.3 is 18.2 Å². The molecule has 282 valence electrons. The Morgan fingerprint density at radius 1 is 0.962 bits per heavy atom. The third-order valence-electron chi connectivity index (χ3n) is 9.98. The van der Waals surface area contributed by atoms with E-state index < -0.39 is 53.9 Å². The lowest BCUT2D eigenvalue weighted by Gasteiger charge is -2.20. The number of ketones is 1. The van der Waals surface area contributed by atoms with Gasteiger partial charge in [0.1, 0.15) is 6.04 Å². The minimum atomic E-state index is -4.63. The van der Waals surface area contributed by atoms with Crippen LogP contribution in [0, 0.1) is 17.8 Å². The fourth-order valence-corrected chi connectivity index (χ4v) is 7.25.